The van der Waals surface area contributed by atoms with E-state index in [0.717, 1.165) is 0 Å². The van der Waals surface area contributed by atoms with Crippen LogP contribution in [0, 0.1) is 5.82 Å². The molecule has 1 aromatic carbocycles. The van der Waals surface area contributed by atoms with Gasteiger partial charge in [-0.15, -0.1) is 0 Å². The number of carbonyl (C=O) groups excluding carboxylic acids is 1. The SMILES string of the molecule is O=CCC(C(=O)O)c1ccccc1F. The number of aldehydes is 1. The van der Waals surface area contributed by atoms with E-state index in [9.17, 15) is 14.0 Å². The molecule has 4 heteroatoms. The van der Waals surface area contributed by atoms with Crippen LogP contribution in [0.4, 0.5) is 4.39 Å². The first-order valence-electron chi connectivity index (χ1n) is 4.07. The van der Waals surface area contributed by atoms with Crippen LogP contribution in [0.25, 0.3) is 0 Å². The van der Waals surface area contributed by atoms with Gasteiger partial charge in [0.1, 0.15) is 12.1 Å². The normalized spacial score (nSPS) is 12.1. The Morgan fingerprint density at radius 3 is 2.64 bits per heavy atom. The molecule has 0 amide bonds. The third-order valence-electron chi connectivity index (χ3n) is 1.91. The lowest BCUT2D eigenvalue weighted by Gasteiger charge is -2.09. The monoisotopic (exact) mass is 196 g/mol. The molecule has 14 heavy (non-hydrogen) atoms. The van der Waals surface area contributed by atoms with Crippen molar-refractivity contribution in [1.82, 2.24) is 0 Å². The molecular weight excluding hydrogens is 187 g/mol. The quantitative estimate of drug-likeness (QED) is 0.744. The van der Waals surface area contributed by atoms with Crippen molar-refractivity contribution in [2.75, 3.05) is 0 Å². The number of carboxylic acid groups (broad SMARTS) is 1. The molecule has 0 radical (unpaired) electrons. The van der Waals surface area contributed by atoms with Gasteiger partial charge in [0, 0.05) is 12.0 Å². The van der Waals surface area contributed by atoms with Gasteiger partial charge in [0.2, 0.25) is 0 Å². The summed E-state index contributed by atoms with van der Waals surface area (Å²) in [5.41, 5.74) is 0.0482. The highest BCUT2D eigenvalue weighted by atomic mass is 19.1. The van der Waals surface area contributed by atoms with Crippen molar-refractivity contribution in [3.05, 3.63) is 35.6 Å². The summed E-state index contributed by atoms with van der Waals surface area (Å²) < 4.78 is 13.1. The third-order valence-corrected chi connectivity index (χ3v) is 1.91. The fraction of sp³-hybridized carbons (Fsp3) is 0.200. The minimum Gasteiger partial charge on any atom is -0.481 e. The van der Waals surface area contributed by atoms with Gasteiger partial charge in [-0.3, -0.25) is 4.79 Å². The molecule has 0 saturated heterocycles. The van der Waals surface area contributed by atoms with E-state index in [1.54, 1.807) is 6.07 Å². The van der Waals surface area contributed by atoms with Gasteiger partial charge in [0.05, 0.1) is 5.92 Å². The zero-order valence-corrected chi connectivity index (χ0v) is 7.31. The summed E-state index contributed by atoms with van der Waals surface area (Å²) in [6.07, 6.45) is 0.265. The van der Waals surface area contributed by atoms with E-state index in [4.69, 9.17) is 5.11 Å². The van der Waals surface area contributed by atoms with E-state index >= 15 is 0 Å². The topological polar surface area (TPSA) is 54.4 Å². The molecule has 1 rings (SSSR count). The van der Waals surface area contributed by atoms with E-state index in [1.165, 1.54) is 18.2 Å². The van der Waals surface area contributed by atoms with Gasteiger partial charge in [-0.25, -0.2) is 4.39 Å². The van der Waals surface area contributed by atoms with E-state index < -0.39 is 17.7 Å². The van der Waals surface area contributed by atoms with Crippen molar-refractivity contribution in [2.45, 2.75) is 12.3 Å². The number of rotatable bonds is 4. The lowest BCUT2D eigenvalue weighted by molar-refractivity contribution is -0.139. The van der Waals surface area contributed by atoms with Gasteiger partial charge in [-0.05, 0) is 6.07 Å². The summed E-state index contributed by atoms with van der Waals surface area (Å²) in [5, 5.41) is 8.76. The van der Waals surface area contributed by atoms with Crippen LogP contribution >= 0.6 is 0 Å². The molecule has 0 aliphatic rings. The van der Waals surface area contributed by atoms with E-state index in [2.05, 4.69) is 0 Å². The molecule has 1 unspecified atom stereocenters. The van der Waals surface area contributed by atoms with Crippen molar-refractivity contribution >= 4 is 12.3 Å². The molecule has 1 atom stereocenters. The fourth-order valence-corrected chi connectivity index (χ4v) is 1.21. The van der Waals surface area contributed by atoms with E-state index in [1.807, 2.05) is 0 Å². The number of hydrogen-bond donors (Lipinski definition) is 1. The maximum absolute atomic E-state index is 13.1. The smallest absolute Gasteiger partial charge is 0.311 e. The molecule has 1 aromatic rings. The van der Waals surface area contributed by atoms with Gasteiger partial charge in [0.15, 0.2) is 0 Å². The second kappa shape index (κ2) is 4.50. The first-order valence-corrected chi connectivity index (χ1v) is 4.07. The predicted octanol–water partition coefficient (Wildman–Crippen LogP) is 1.58. The van der Waals surface area contributed by atoms with Crippen molar-refractivity contribution in [1.29, 1.82) is 0 Å². The predicted molar refractivity (Wildman–Crippen MR) is 47.5 cm³/mol. The molecule has 0 aliphatic heterocycles. The van der Waals surface area contributed by atoms with Crippen LogP contribution in [0.1, 0.15) is 17.9 Å². The van der Waals surface area contributed by atoms with E-state index in [0.29, 0.717) is 6.29 Å². The Kier molecular flexibility index (Phi) is 3.34. The standard InChI is InChI=1S/C10H9FO3/c11-9-4-2-1-3-7(9)8(5-6-12)10(13)14/h1-4,6,8H,5H2,(H,13,14). The number of hydrogen-bond acceptors (Lipinski definition) is 2. The van der Waals surface area contributed by atoms with Gasteiger partial charge in [0.25, 0.3) is 0 Å². The molecule has 0 spiro atoms. The number of benzene rings is 1. The van der Waals surface area contributed by atoms with Crippen LogP contribution in [-0.4, -0.2) is 17.4 Å². The molecule has 0 fully saturated rings. The van der Waals surface area contributed by atoms with Crippen molar-refractivity contribution in [3.63, 3.8) is 0 Å². The molecule has 0 bridgehead atoms. The molecule has 0 saturated carbocycles. The zero-order chi connectivity index (χ0) is 10.6. The summed E-state index contributed by atoms with van der Waals surface area (Å²) >= 11 is 0. The third kappa shape index (κ3) is 2.16. The van der Waals surface area contributed by atoms with Crippen molar-refractivity contribution < 1.29 is 19.1 Å². The maximum atomic E-state index is 13.1. The van der Waals surface area contributed by atoms with Gasteiger partial charge >= 0.3 is 5.97 Å². The summed E-state index contributed by atoms with van der Waals surface area (Å²) in [7, 11) is 0. The number of aliphatic carboxylic acids is 1. The highest BCUT2D eigenvalue weighted by molar-refractivity contribution is 5.79. The minimum absolute atomic E-state index is 0.0482. The number of carboxylic acids is 1. The lowest BCUT2D eigenvalue weighted by Crippen LogP contribution is -2.13. The number of carbonyl (C=O) groups is 2. The molecule has 0 aliphatic carbocycles. The second-order valence-corrected chi connectivity index (χ2v) is 2.81. The summed E-state index contributed by atoms with van der Waals surface area (Å²) in [4.78, 5) is 20.9. The van der Waals surface area contributed by atoms with Crippen molar-refractivity contribution in [2.24, 2.45) is 0 Å². The first-order chi connectivity index (χ1) is 6.66. The van der Waals surface area contributed by atoms with Gasteiger partial charge < -0.3 is 9.90 Å². The summed E-state index contributed by atoms with van der Waals surface area (Å²) in [6.45, 7) is 0. The van der Waals surface area contributed by atoms with Gasteiger partial charge in [-0.2, -0.15) is 0 Å². The average Bonchev–Trinajstić information content (AvgIpc) is 2.15. The van der Waals surface area contributed by atoms with Crippen LogP contribution in [0.5, 0.6) is 0 Å². The summed E-state index contributed by atoms with van der Waals surface area (Å²) in [6, 6.07) is 5.56. The molecule has 74 valence electrons. The zero-order valence-electron chi connectivity index (χ0n) is 7.31. The fourth-order valence-electron chi connectivity index (χ4n) is 1.21. The molecule has 0 heterocycles. The lowest BCUT2D eigenvalue weighted by atomic mass is 9.96. The molecule has 3 nitrogen and oxygen atoms in total. The van der Waals surface area contributed by atoms with Gasteiger partial charge in [-0.1, -0.05) is 18.2 Å². The average molecular weight is 196 g/mol. The Hall–Kier alpha value is -1.71. The van der Waals surface area contributed by atoms with E-state index in [-0.39, 0.29) is 12.0 Å². The Morgan fingerprint density at radius 2 is 2.14 bits per heavy atom. The molecular formula is C10H9FO3. The first kappa shape index (κ1) is 10.4. The Balaban J connectivity index is 3.04. The minimum atomic E-state index is -1.19. The molecule has 0 aromatic heterocycles. The van der Waals surface area contributed by atoms with Crippen LogP contribution in [0.3, 0.4) is 0 Å². The highest BCUT2D eigenvalue weighted by Crippen LogP contribution is 2.21. The van der Waals surface area contributed by atoms with Crippen LogP contribution in [-0.2, 0) is 9.59 Å². The maximum Gasteiger partial charge on any atom is 0.311 e. The number of halogens is 1. The second-order valence-electron chi connectivity index (χ2n) is 2.81. The Morgan fingerprint density at radius 1 is 1.50 bits per heavy atom. The van der Waals surface area contributed by atoms with Crippen molar-refractivity contribution in [3.8, 4) is 0 Å². The highest BCUT2D eigenvalue weighted by Gasteiger charge is 2.21. The van der Waals surface area contributed by atoms with Crippen LogP contribution in [0.2, 0.25) is 0 Å². The largest absolute Gasteiger partial charge is 0.481 e. The Bertz CT molecular complexity index is 349. The van der Waals surface area contributed by atoms with Crippen LogP contribution < -0.4 is 0 Å². The van der Waals surface area contributed by atoms with Crippen LogP contribution in [0.15, 0.2) is 24.3 Å². The summed E-state index contributed by atoms with van der Waals surface area (Å²) in [5.74, 6) is -2.88. The Labute approximate surface area is 80.2 Å². The molecule has 1 N–H and O–H groups in total.